The monoisotopic (exact) mass is 608 g/mol. The van der Waals surface area contributed by atoms with Crippen LogP contribution in [-0.4, -0.2) is 22.0 Å². The van der Waals surface area contributed by atoms with Gasteiger partial charge in [-0.05, 0) is 80.3 Å². The van der Waals surface area contributed by atoms with Crippen LogP contribution in [-0.2, 0) is 0 Å². The standard InChI is InChI=1S/C40H50NO2P/c1-34-33-35(42)29-30-38(34)39(43)27-19-11-9-7-5-3-2-4-6-8-10-12-22-32-44(36-23-15-13-16-24-36,37-25-17-14-18-26-37)40-28-20-21-31-41-40/h13-18,20-21,23-26,28-31,33H,2-12,19,22,27,32H2,1H3/p+1. The molecule has 3 aromatic carbocycles. The second-order valence-electron chi connectivity index (χ2n) is 12.2. The highest BCUT2D eigenvalue weighted by Gasteiger charge is 2.45. The van der Waals surface area contributed by atoms with Crippen molar-refractivity contribution in [2.45, 2.75) is 96.8 Å². The van der Waals surface area contributed by atoms with Crippen molar-refractivity contribution in [3.8, 4) is 5.75 Å². The van der Waals surface area contributed by atoms with Crippen LogP contribution in [0.5, 0.6) is 5.75 Å². The molecule has 0 amide bonds. The number of hydrogen-bond donors (Lipinski definition) is 1. The maximum absolute atomic E-state index is 12.4. The molecule has 0 aliphatic rings. The average Bonchev–Trinajstić information content (AvgIpc) is 3.06. The lowest BCUT2D eigenvalue weighted by molar-refractivity contribution is 0.0978. The summed E-state index contributed by atoms with van der Waals surface area (Å²) in [7, 11) is -1.80. The van der Waals surface area contributed by atoms with Gasteiger partial charge in [0.05, 0.1) is 6.16 Å². The molecule has 0 aliphatic heterocycles. The van der Waals surface area contributed by atoms with E-state index in [1.165, 1.54) is 92.8 Å². The second kappa shape index (κ2) is 18.5. The fourth-order valence-corrected chi connectivity index (χ4v) is 10.6. The Hall–Kier alpha value is -3.29. The number of aromatic nitrogens is 1. The van der Waals surface area contributed by atoms with Gasteiger partial charge in [-0.2, -0.15) is 0 Å². The number of aryl methyl sites for hydroxylation is 1. The van der Waals surface area contributed by atoms with E-state index >= 15 is 0 Å². The van der Waals surface area contributed by atoms with Gasteiger partial charge in [-0.25, -0.2) is 4.98 Å². The fraction of sp³-hybridized carbons (Fsp3) is 0.400. The third kappa shape index (κ3) is 9.86. The number of carbonyl (C=O) groups excluding carboxylic acids is 1. The first-order valence-electron chi connectivity index (χ1n) is 16.8. The normalized spacial score (nSPS) is 11.5. The van der Waals surface area contributed by atoms with Crippen molar-refractivity contribution in [3.05, 3.63) is 114 Å². The molecule has 1 heterocycles. The highest BCUT2D eigenvalue weighted by Crippen LogP contribution is 2.55. The van der Waals surface area contributed by atoms with Gasteiger partial charge in [0.2, 0.25) is 0 Å². The zero-order valence-electron chi connectivity index (χ0n) is 26.7. The quantitative estimate of drug-likeness (QED) is 0.0617. The third-order valence-corrected chi connectivity index (χ3v) is 13.2. The second-order valence-corrected chi connectivity index (χ2v) is 15.7. The molecule has 0 saturated carbocycles. The number of Topliss-reactive ketones (excluding diaryl/α,β-unsaturated/α-hetero) is 1. The van der Waals surface area contributed by atoms with Gasteiger partial charge in [0.25, 0.3) is 0 Å². The number of unbranched alkanes of at least 4 members (excludes halogenated alkanes) is 12. The summed E-state index contributed by atoms with van der Waals surface area (Å²) >= 11 is 0. The van der Waals surface area contributed by atoms with E-state index in [-0.39, 0.29) is 11.5 Å². The van der Waals surface area contributed by atoms with E-state index in [0.717, 1.165) is 24.0 Å². The summed E-state index contributed by atoms with van der Waals surface area (Å²) in [5, 5.41) is 12.4. The van der Waals surface area contributed by atoms with Crippen molar-refractivity contribution in [2.75, 3.05) is 6.16 Å². The zero-order valence-corrected chi connectivity index (χ0v) is 27.6. The number of rotatable bonds is 20. The van der Waals surface area contributed by atoms with E-state index in [9.17, 15) is 9.90 Å². The molecule has 0 aliphatic carbocycles. The molecule has 232 valence electrons. The van der Waals surface area contributed by atoms with Crippen molar-refractivity contribution in [1.29, 1.82) is 0 Å². The highest BCUT2D eigenvalue weighted by molar-refractivity contribution is 7.95. The van der Waals surface area contributed by atoms with Crippen LogP contribution in [0.25, 0.3) is 0 Å². The minimum Gasteiger partial charge on any atom is -0.508 e. The Labute approximate surface area is 266 Å². The predicted octanol–water partition coefficient (Wildman–Crippen LogP) is 9.73. The number of aromatic hydroxyl groups is 1. The molecule has 0 spiro atoms. The van der Waals surface area contributed by atoms with Gasteiger partial charge in [-0.15, -0.1) is 0 Å². The number of carbonyl (C=O) groups is 1. The lowest BCUT2D eigenvalue weighted by Crippen LogP contribution is -2.34. The SMILES string of the molecule is Cc1cc(O)ccc1C(=O)CCCCCCCCCCCCCCC[P+](c1ccccc1)(c1ccccc1)c1ccccn1. The molecule has 0 saturated heterocycles. The molecular weight excluding hydrogens is 557 g/mol. The maximum atomic E-state index is 12.4. The summed E-state index contributed by atoms with van der Waals surface area (Å²) < 4.78 is 0. The summed E-state index contributed by atoms with van der Waals surface area (Å²) in [5.41, 5.74) is 2.86. The summed E-state index contributed by atoms with van der Waals surface area (Å²) in [4.78, 5) is 17.4. The average molecular weight is 609 g/mol. The number of pyridine rings is 1. The summed E-state index contributed by atoms with van der Waals surface area (Å²) in [5.74, 6) is 0.422. The van der Waals surface area contributed by atoms with Crippen molar-refractivity contribution in [2.24, 2.45) is 0 Å². The third-order valence-electron chi connectivity index (χ3n) is 8.84. The number of hydrogen-bond acceptors (Lipinski definition) is 3. The van der Waals surface area contributed by atoms with E-state index < -0.39 is 7.26 Å². The van der Waals surface area contributed by atoms with Crippen molar-refractivity contribution in [3.63, 3.8) is 0 Å². The molecule has 44 heavy (non-hydrogen) atoms. The Kier molecular flexibility index (Phi) is 14.1. The van der Waals surface area contributed by atoms with Gasteiger partial charge >= 0.3 is 0 Å². The van der Waals surface area contributed by atoms with E-state index in [2.05, 4.69) is 72.8 Å². The number of benzene rings is 3. The Balaban J connectivity index is 1.09. The van der Waals surface area contributed by atoms with E-state index in [1.807, 2.05) is 19.2 Å². The topological polar surface area (TPSA) is 50.2 Å². The molecule has 3 nitrogen and oxygen atoms in total. The number of ketones is 1. The molecule has 4 rings (SSSR count). The van der Waals surface area contributed by atoms with E-state index in [1.54, 1.807) is 18.2 Å². The highest BCUT2D eigenvalue weighted by atomic mass is 31.2. The number of phenolic OH excluding ortho intramolecular Hbond substituents is 1. The molecule has 0 fully saturated rings. The molecule has 0 radical (unpaired) electrons. The van der Waals surface area contributed by atoms with Crippen LogP contribution in [0.3, 0.4) is 0 Å². The smallest absolute Gasteiger partial charge is 0.192 e. The minimum atomic E-state index is -1.80. The Bertz CT molecular complexity index is 1280. The van der Waals surface area contributed by atoms with Crippen LogP contribution < -0.4 is 16.0 Å². The fourth-order valence-electron chi connectivity index (χ4n) is 6.41. The molecule has 1 aromatic heterocycles. The molecule has 0 unspecified atom stereocenters. The van der Waals surface area contributed by atoms with Gasteiger partial charge in [-0.3, -0.25) is 4.79 Å². The van der Waals surface area contributed by atoms with Crippen LogP contribution in [0.15, 0.2) is 103 Å². The Morgan fingerprint density at radius 1 is 0.614 bits per heavy atom. The van der Waals surface area contributed by atoms with Crippen LogP contribution in [0.2, 0.25) is 0 Å². The van der Waals surface area contributed by atoms with Crippen molar-refractivity contribution in [1.82, 2.24) is 4.98 Å². The number of phenols is 1. The van der Waals surface area contributed by atoms with Gasteiger partial charge in [-0.1, -0.05) is 107 Å². The Morgan fingerprint density at radius 3 is 1.61 bits per heavy atom. The molecule has 0 bridgehead atoms. The molecule has 4 aromatic rings. The summed E-state index contributed by atoms with van der Waals surface area (Å²) in [6.45, 7) is 1.89. The molecular formula is C40H51NO2P+. The maximum Gasteiger partial charge on any atom is 0.192 e. The first kappa shape index (κ1) is 33.6. The molecule has 0 atom stereocenters. The Morgan fingerprint density at radius 2 is 1.11 bits per heavy atom. The van der Waals surface area contributed by atoms with Crippen LogP contribution in [0.1, 0.15) is 106 Å². The first-order chi connectivity index (χ1) is 21.6. The van der Waals surface area contributed by atoms with Crippen LogP contribution in [0, 0.1) is 6.92 Å². The molecule has 1 N–H and O–H groups in total. The van der Waals surface area contributed by atoms with Gasteiger partial charge in [0.15, 0.2) is 11.2 Å². The van der Waals surface area contributed by atoms with E-state index in [0.29, 0.717) is 6.42 Å². The van der Waals surface area contributed by atoms with Gasteiger partial charge < -0.3 is 5.11 Å². The summed E-state index contributed by atoms with van der Waals surface area (Å²) in [6.07, 6.45) is 20.1. The van der Waals surface area contributed by atoms with Gasteiger partial charge in [0.1, 0.15) is 23.6 Å². The van der Waals surface area contributed by atoms with Crippen LogP contribution >= 0.6 is 7.26 Å². The lowest BCUT2D eigenvalue weighted by Gasteiger charge is -2.26. The van der Waals surface area contributed by atoms with Gasteiger partial charge in [0, 0.05) is 24.2 Å². The zero-order chi connectivity index (χ0) is 30.9. The first-order valence-corrected chi connectivity index (χ1v) is 18.8. The van der Waals surface area contributed by atoms with Crippen molar-refractivity contribution < 1.29 is 9.90 Å². The lowest BCUT2D eigenvalue weighted by atomic mass is 9.99. The largest absolute Gasteiger partial charge is 0.508 e. The van der Waals surface area contributed by atoms with Crippen LogP contribution in [0.4, 0.5) is 0 Å². The minimum absolute atomic E-state index is 0.198. The van der Waals surface area contributed by atoms with E-state index in [4.69, 9.17) is 4.98 Å². The summed E-state index contributed by atoms with van der Waals surface area (Å²) in [6, 6.07) is 33.7. The molecule has 4 heteroatoms. The predicted molar refractivity (Wildman–Crippen MR) is 190 cm³/mol. The van der Waals surface area contributed by atoms with Crippen molar-refractivity contribution >= 4 is 29.1 Å². The number of nitrogens with zero attached hydrogens (tertiary/aromatic N) is 1.